The van der Waals surface area contributed by atoms with Gasteiger partial charge < -0.3 is 9.47 Å². The third-order valence-electron chi connectivity index (χ3n) is 6.40. The van der Waals surface area contributed by atoms with E-state index in [0.29, 0.717) is 36.6 Å². The van der Waals surface area contributed by atoms with Crippen molar-refractivity contribution in [2.45, 2.75) is 50.8 Å². The highest BCUT2D eigenvalue weighted by Crippen LogP contribution is 2.36. The molecule has 0 spiro atoms. The Bertz CT molecular complexity index is 1050. The summed E-state index contributed by atoms with van der Waals surface area (Å²) in [4.78, 5) is 15.4. The van der Waals surface area contributed by atoms with Gasteiger partial charge in [-0.2, -0.15) is 0 Å². The fraction of sp³-hybridized carbons (Fsp3) is 0.500. The normalized spacial score (nSPS) is 17.3. The summed E-state index contributed by atoms with van der Waals surface area (Å²) in [6.45, 7) is 5.46. The summed E-state index contributed by atoms with van der Waals surface area (Å²) in [5.74, 6) is -0.158. The van der Waals surface area contributed by atoms with Crippen molar-refractivity contribution >= 4 is 21.6 Å². The van der Waals surface area contributed by atoms with Crippen molar-refractivity contribution in [3.8, 4) is 0 Å². The van der Waals surface area contributed by atoms with Crippen LogP contribution >= 0.6 is 0 Å². The molecule has 2 aliphatic heterocycles. The lowest BCUT2D eigenvalue weighted by Crippen LogP contribution is -2.39. The van der Waals surface area contributed by atoms with Crippen LogP contribution < -0.4 is 4.31 Å². The molecule has 0 atom stereocenters. The molecule has 1 saturated heterocycles. The van der Waals surface area contributed by atoms with Crippen molar-refractivity contribution in [1.82, 2.24) is 9.47 Å². The average molecular weight is 416 g/mol. The highest BCUT2D eigenvalue weighted by molar-refractivity contribution is 7.93. The molecule has 1 aromatic carbocycles. The Morgan fingerprint density at radius 2 is 1.62 bits per heavy atom. The first-order valence-electron chi connectivity index (χ1n) is 10.4. The molecule has 156 valence electrons. The van der Waals surface area contributed by atoms with Gasteiger partial charge in [0.25, 0.3) is 15.9 Å². The summed E-state index contributed by atoms with van der Waals surface area (Å²) in [6, 6.07) is 7.66. The molecule has 29 heavy (non-hydrogen) atoms. The van der Waals surface area contributed by atoms with E-state index in [0.717, 1.165) is 43.4 Å². The van der Waals surface area contributed by atoms with Crippen LogP contribution in [0.5, 0.6) is 0 Å². The lowest BCUT2D eigenvalue weighted by molar-refractivity contribution is 0.0720. The second-order valence-electron chi connectivity index (χ2n) is 8.10. The molecule has 3 heterocycles. The number of piperidine rings is 1. The van der Waals surface area contributed by atoms with E-state index in [1.165, 1.54) is 4.31 Å². The van der Waals surface area contributed by atoms with Crippen molar-refractivity contribution in [2.24, 2.45) is 7.05 Å². The van der Waals surface area contributed by atoms with Crippen molar-refractivity contribution in [3.05, 3.63) is 46.8 Å². The molecule has 4 rings (SSSR count). The van der Waals surface area contributed by atoms with Gasteiger partial charge in [-0.15, -0.1) is 0 Å². The third-order valence-corrected chi connectivity index (χ3v) is 8.37. The fourth-order valence-electron chi connectivity index (χ4n) is 4.60. The van der Waals surface area contributed by atoms with E-state index >= 15 is 0 Å². The van der Waals surface area contributed by atoms with Crippen LogP contribution in [0.15, 0.2) is 29.2 Å². The molecule has 2 aliphatic rings. The average Bonchev–Trinajstić information content (AvgIpc) is 2.98. The minimum atomic E-state index is -3.86. The molecule has 0 saturated carbocycles. The second kappa shape index (κ2) is 7.52. The number of rotatable bonds is 3. The maximum Gasteiger partial charge on any atom is 0.266 e. The number of carbonyl (C=O) groups is 1. The van der Waals surface area contributed by atoms with E-state index in [9.17, 15) is 13.2 Å². The van der Waals surface area contributed by atoms with Gasteiger partial charge in [-0.05, 0) is 57.6 Å². The van der Waals surface area contributed by atoms with E-state index in [4.69, 9.17) is 0 Å². The number of hydrogen-bond acceptors (Lipinski definition) is 3. The zero-order valence-corrected chi connectivity index (χ0v) is 18.3. The first kappa shape index (κ1) is 20.0. The van der Waals surface area contributed by atoms with Crippen LogP contribution in [0.4, 0.5) is 5.69 Å². The molecular weight excluding hydrogens is 386 g/mol. The van der Waals surface area contributed by atoms with Gasteiger partial charge in [-0.1, -0.05) is 18.2 Å². The van der Waals surface area contributed by atoms with E-state index in [1.807, 2.05) is 47.7 Å². The Balaban J connectivity index is 1.85. The summed E-state index contributed by atoms with van der Waals surface area (Å²) < 4.78 is 31.1. The molecule has 6 nitrogen and oxygen atoms in total. The number of carbonyl (C=O) groups excluding carboxylic acids is 1. The number of anilines is 1. The van der Waals surface area contributed by atoms with Crippen LogP contribution in [0.1, 0.15) is 53.0 Å². The SMILES string of the molecule is Cc1c(C(=O)N2CCCCC2)c(S(=O)(=O)N2CCCc3ccccc32)c(C)n1C. The molecule has 0 N–H and O–H groups in total. The largest absolute Gasteiger partial charge is 0.350 e. The van der Waals surface area contributed by atoms with Crippen LogP contribution in [-0.2, 0) is 23.5 Å². The molecule has 1 fully saturated rings. The predicted octanol–water partition coefficient (Wildman–Crippen LogP) is 3.41. The topological polar surface area (TPSA) is 62.6 Å². The quantitative estimate of drug-likeness (QED) is 0.772. The molecule has 1 aromatic heterocycles. The molecule has 0 bridgehead atoms. The second-order valence-corrected chi connectivity index (χ2v) is 9.90. The first-order valence-corrected chi connectivity index (χ1v) is 11.8. The van der Waals surface area contributed by atoms with Gasteiger partial charge in [0, 0.05) is 38.1 Å². The van der Waals surface area contributed by atoms with E-state index in [1.54, 1.807) is 6.92 Å². The highest BCUT2D eigenvalue weighted by atomic mass is 32.2. The van der Waals surface area contributed by atoms with Gasteiger partial charge in [0.15, 0.2) is 0 Å². The zero-order chi connectivity index (χ0) is 20.8. The number of amides is 1. The van der Waals surface area contributed by atoms with Gasteiger partial charge in [-0.25, -0.2) is 8.42 Å². The fourth-order valence-corrected chi connectivity index (χ4v) is 6.63. The lowest BCUT2D eigenvalue weighted by Gasteiger charge is -2.31. The predicted molar refractivity (Wildman–Crippen MR) is 114 cm³/mol. The first-order chi connectivity index (χ1) is 13.8. The van der Waals surface area contributed by atoms with Gasteiger partial charge in [0.2, 0.25) is 0 Å². The number of sulfonamides is 1. The number of aryl methyl sites for hydroxylation is 1. The van der Waals surface area contributed by atoms with Crippen molar-refractivity contribution in [2.75, 3.05) is 23.9 Å². The van der Waals surface area contributed by atoms with Crippen LogP contribution in [-0.4, -0.2) is 43.4 Å². The molecular formula is C22H29N3O3S. The highest BCUT2D eigenvalue weighted by Gasteiger charge is 2.38. The summed E-state index contributed by atoms with van der Waals surface area (Å²) in [5.41, 5.74) is 3.44. The molecule has 0 aliphatic carbocycles. The number of nitrogens with zero attached hydrogens (tertiary/aromatic N) is 3. The molecule has 1 amide bonds. The monoisotopic (exact) mass is 415 g/mol. The van der Waals surface area contributed by atoms with Gasteiger partial charge in [0.05, 0.1) is 11.3 Å². The van der Waals surface area contributed by atoms with Gasteiger partial charge >= 0.3 is 0 Å². The number of aromatic nitrogens is 1. The third kappa shape index (κ3) is 3.25. The Morgan fingerprint density at radius 3 is 2.34 bits per heavy atom. The van der Waals surface area contributed by atoms with Crippen molar-refractivity contribution in [3.63, 3.8) is 0 Å². The number of likely N-dealkylation sites (tertiary alicyclic amines) is 1. The maximum atomic E-state index is 13.9. The van der Waals surface area contributed by atoms with Gasteiger partial charge in [0.1, 0.15) is 4.90 Å². The van der Waals surface area contributed by atoms with Crippen LogP contribution in [0.25, 0.3) is 0 Å². The van der Waals surface area contributed by atoms with E-state index in [-0.39, 0.29) is 10.8 Å². The maximum absolute atomic E-state index is 13.9. The van der Waals surface area contributed by atoms with Crippen LogP contribution in [0.3, 0.4) is 0 Å². The van der Waals surface area contributed by atoms with Crippen molar-refractivity contribution < 1.29 is 13.2 Å². The Hall–Kier alpha value is -2.28. The smallest absolute Gasteiger partial charge is 0.266 e. The van der Waals surface area contributed by atoms with Crippen LogP contribution in [0, 0.1) is 13.8 Å². The Morgan fingerprint density at radius 1 is 0.931 bits per heavy atom. The Kier molecular flexibility index (Phi) is 5.19. The molecule has 0 radical (unpaired) electrons. The van der Waals surface area contributed by atoms with Gasteiger partial charge in [-0.3, -0.25) is 9.10 Å². The van der Waals surface area contributed by atoms with Crippen molar-refractivity contribution in [1.29, 1.82) is 0 Å². The number of benzene rings is 1. The standard InChI is InChI=1S/C22H29N3O3S/c1-16-20(22(26)24-13-7-4-8-14-24)21(17(2)23(16)3)29(27,28)25-15-9-11-18-10-5-6-12-19(18)25/h5-6,10,12H,4,7-9,11,13-15H2,1-3H3. The van der Waals surface area contributed by atoms with E-state index in [2.05, 4.69) is 0 Å². The zero-order valence-electron chi connectivity index (χ0n) is 17.4. The number of fused-ring (bicyclic) bond motifs is 1. The molecule has 2 aromatic rings. The Labute approximate surface area is 173 Å². The lowest BCUT2D eigenvalue weighted by atomic mass is 10.0. The number of para-hydroxylation sites is 1. The van der Waals surface area contributed by atoms with E-state index < -0.39 is 10.0 Å². The minimum absolute atomic E-state index is 0.158. The summed E-state index contributed by atoms with van der Waals surface area (Å²) in [7, 11) is -2.02. The summed E-state index contributed by atoms with van der Waals surface area (Å²) in [5, 5.41) is 0. The molecule has 7 heteroatoms. The molecule has 0 unspecified atom stereocenters. The number of hydrogen-bond donors (Lipinski definition) is 0. The summed E-state index contributed by atoms with van der Waals surface area (Å²) in [6.07, 6.45) is 4.70. The summed E-state index contributed by atoms with van der Waals surface area (Å²) >= 11 is 0. The minimum Gasteiger partial charge on any atom is -0.350 e. The van der Waals surface area contributed by atoms with Crippen LogP contribution in [0.2, 0.25) is 0 Å².